The van der Waals surface area contributed by atoms with Gasteiger partial charge in [-0.25, -0.2) is 4.39 Å². The Morgan fingerprint density at radius 3 is 2.65 bits per heavy atom. The third kappa shape index (κ3) is 3.99. The van der Waals surface area contributed by atoms with Crippen LogP contribution in [0, 0.1) is 5.82 Å². The molecule has 0 aliphatic rings. The molecule has 0 fully saturated rings. The molecule has 0 spiro atoms. The summed E-state index contributed by atoms with van der Waals surface area (Å²) in [5, 5.41) is 2.69. The van der Waals surface area contributed by atoms with Crippen molar-refractivity contribution in [1.29, 1.82) is 0 Å². The highest BCUT2D eigenvalue weighted by Gasteiger charge is 2.07. The monoisotopic (exact) mass is 291 g/mol. The van der Waals surface area contributed by atoms with Gasteiger partial charge < -0.3 is 5.32 Å². The molecule has 0 saturated carbocycles. The van der Waals surface area contributed by atoms with E-state index in [1.165, 1.54) is 18.2 Å². The molecule has 1 amide bonds. The number of carbonyl (C=O) groups excluding carboxylic acids is 1. The minimum Gasteiger partial charge on any atom is -0.322 e. The third-order valence-electron chi connectivity index (χ3n) is 2.64. The van der Waals surface area contributed by atoms with Gasteiger partial charge in [-0.3, -0.25) is 9.00 Å². The first kappa shape index (κ1) is 14.4. The maximum Gasteiger partial charge on any atom is 0.255 e. The van der Waals surface area contributed by atoms with Crippen LogP contribution in [0.3, 0.4) is 0 Å². The molecular formula is C15H14FNO2S. The SMILES string of the molecule is CS(=O)Cc1cccc(NC(=O)c2cccc(F)c2)c1. The zero-order chi connectivity index (χ0) is 14.5. The summed E-state index contributed by atoms with van der Waals surface area (Å²) in [7, 11) is -0.939. The van der Waals surface area contributed by atoms with Crippen LogP contribution in [-0.2, 0) is 16.6 Å². The summed E-state index contributed by atoms with van der Waals surface area (Å²) in [5.41, 5.74) is 1.74. The first-order chi connectivity index (χ1) is 9.54. The Morgan fingerprint density at radius 1 is 1.20 bits per heavy atom. The van der Waals surface area contributed by atoms with Crippen molar-refractivity contribution < 1.29 is 13.4 Å². The molecule has 0 bridgehead atoms. The summed E-state index contributed by atoms with van der Waals surface area (Å²) in [6.45, 7) is 0. The van der Waals surface area contributed by atoms with Crippen molar-refractivity contribution >= 4 is 22.4 Å². The van der Waals surface area contributed by atoms with Crippen molar-refractivity contribution in [3.05, 3.63) is 65.5 Å². The number of carbonyl (C=O) groups is 1. The van der Waals surface area contributed by atoms with E-state index in [4.69, 9.17) is 0 Å². The van der Waals surface area contributed by atoms with Crippen LogP contribution in [0.5, 0.6) is 0 Å². The van der Waals surface area contributed by atoms with Crippen molar-refractivity contribution in [3.63, 3.8) is 0 Å². The van der Waals surface area contributed by atoms with Gasteiger partial charge in [0.1, 0.15) is 5.82 Å². The lowest BCUT2D eigenvalue weighted by Gasteiger charge is -2.07. The van der Waals surface area contributed by atoms with Gasteiger partial charge in [0.15, 0.2) is 0 Å². The van der Waals surface area contributed by atoms with E-state index in [1.54, 1.807) is 30.5 Å². The molecule has 3 nitrogen and oxygen atoms in total. The van der Waals surface area contributed by atoms with Gasteiger partial charge >= 0.3 is 0 Å². The van der Waals surface area contributed by atoms with E-state index in [2.05, 4.69) is 5.32 Å². The van der Waals surface area contributed by atoms with Gasteiger partial charge in [0.05, 0.1) is 0 Å². The zero-order valence-corrected chi connectivity index (χ0v) is 11.7. The molecule has 0 radical (unpaired) electrons. The quantitative estimate of drug-likeness (QED) is 0.941. The van der Waals surface area contributed by atoms with Gasteiger partial charge in [-0.05, 0) is 35.9 Å². The fraction of sp³-hybridized carbons (Fsp3) is 0.133. The molecule has 1 N–H and O–H groups in total. The molecule has 2 aromatic carbocycles. The highest BCUT2D eigenvalue weighted by Crippen LogP contribution is 2.14. The summed E-state index contributed by atoms with van der Waals surface area (Å²) < 4.78 is 24.2. The van der Waals surface area contributed by atoms with Gasteiger partial charge in [0, 0.05) is 34.1 Å². The lowest BCUT2D eigenvalue weighted by Crippen LogP contribution is -2.12. The van der Waals surface area contributed by atoms with Gasteiger partial charge in [-0.1, -0.05) is 18.2 Å². The van der Waals surface area contributed by atoms with Crippen LogP contribution in [0.1, 0.15) is 15.9 Å². The van der Waals surface area contributed by atoms with Crippen LogP contribution in [0.2, 0.25) is 0 Å². The second kappa shape index (κ2) is 6.43. The van der Waals surface area contributed by atoms with Crippen LogP contribution < -0.4 is 5.32 Å². The lowest BCUT2D eigenvalue weighted by molar-refractivity contribution is 0.102. The topological polar surface area (TPSA) is 46.2 Å². The molecule has 0 aliphatic heterocycles. The second-order valence-corrected chi connectivity index (χ2v) is 5.82. The van der Waals surface area contributed by atoms with Crippen LogP contribution in [0.15, 0.2) is 48.5 Å². The van der Waals surface area contributed by atoms with E-state index in [1.807, 2.05) is 6.07 Å². The highest BCUT2D eigenvalue weighted by atomic mass is 32.2. The number of anilines is 1. The Hall–Kier alpha value is -2.01. The van der Waals surface area contributed by atoms with Crippen LogP contribution >= 0.6 is 0 Å². The third-order valence-corrected chi connectivity index (χ3v) is 3.38. The molecule has 0 heterocycles. The van der Waals surface area contributed by atoms with Crippen molar-refractivity contribution in [2.24, 2.45) is 0 Å². The number of rotatable bonds is 4. The van der Waals surface area contributed by atoms with E-state index < -0.39 is 16.6 Å². The summed E-state index contributed by atoms with van der Waals surface area (Å²) in [5.74, 6) is -0.393. The molecule has 2 rings (SSSR count). The molecule has 0 aliphatic carbocycles. The highest BCUT2D eigenvalue weighted by molar-refractivity contribution is 7.83. The number of nitrogens with one attached hydrogen (secondary N) is 1. The van der Waals surface area contributed by atoms with Gasteiger partial charge in [-0.15, -0.1) is 0 Å². The minimum atomic E-state index is -0.939. The predicted molar refractivity (Wildman–Crippen MR) is 78.6 cm³/mol. The Bertz CT molecular complexity index is 658. The van der Waals surface area contributed by atoms with Gasteiger partial charge in [0.25, 0.3) is 5.91 Å². The largest absolute Gasteiger partial charge is 0.322 e. The van der Waals surface area contributed by atoms with Crippen molar-refractivity contribution in [3.8, 4) is 0 Å². The Morgan fingerprint density at radius 2 is 1.95 bits per heavy atom. The first-order valence-corrected chi connectivity index (χ1v) is 7.73. The molecule has 5 heteroatoms. The number of hydrogen-bond donors (Lipinski definition) is 1. The number of benzene rings is 2. The molecule has 2 aromatic rings. The molecule has 104 valence electrons. The number of amides is 1. The molecule has 20 heavy (non-hydrogen) atoms. The predicted octanol–water partition coefficient (Wildman–Crippen LogP) is 2.96. The van der Waals surface area contributed by atoms with Gasteiger partial charge in [0.2, 0.25) is 0 Å². The van der Waals surface area contributed by atoms with Crippen molar-refractivity contribution in [1.82, 2.24) is 0 Å². The van der Waals surface area contributed by atoms with Crippen LogP contribution in [-0.4, -0.2) is 16.4 Å². The average molecular weight is 291 g/mol. The Balaban J connectivity index is 2.13. The van der Waals surface area contributed by atoms with Crippen molar-refractivity contribution in [2.75, 3.05) is 11.6 Å². The normalized spacial score (nSPS) is 11.9. The molecule has 0 aromatic heterocycles. The zero-order valence-electron chi connectivity index (χ0n) is 10.9. The summed E-state index contributed by atoms with van der Waals surface area (Å²) in [6, 6.07) is 12.6. The maximum absolute atomic E-state index is 13.1. The minimum absolute atomic E-state index is 0.259. The smallest absolute Gasteiger partial charge is 0.255 e. The summed E-state index contributed by atoms with van der Waals surface area (Å²) >= 11 is 0. The van der Waals surface area contributed by atoms with Crippen molar-refractivity contribution in [2.45, 2.75) is 5.75 Å². The Labute approximate surface area is 119 Å². The molecular weight excluding hydrogens is 277 g/mol. The first-order valence-electron chi connectivity index (χ1n) is 6.00. The number of hydrogen-bond acceptors (Lipinski definition) is 2. The van der Waals surface area contributed by atoms with E-state index in [-0.39, 0.29) is 11.5 Å². The second-order valence-electron chi connectivity index (χ2n) is 4.38. The van der Waals surface area contributed by atoms with E-state index >= 15 is 0 Å². The summed E-state index contributed by atoms with van der Waals surface area (Å²) in [6.07, 6.45) is 1.62. The van der Waals surface area contributed by atoms with E-state index in [9.17, 15) is 13.4 Å². The number of halogens is 1. The summed E-state index contributed by atoms with van der Waals surface area (Å²) in [4.78, 5) is 12.0. The standard InChI is InChI=1S/C15H14FNO2S/c1-20(19)10-11-4-2-7-14(8-11)17-15(18)12-5-3-6-13(16)9-12/h2-9H,10H2,1H3,(H,17,18). The fourth-order valence-corrected chi connectivity index (χ4v) is 2.46. The lowest BCUT2D eigenvalue weighted by atomic mass is 10.2. The van der Waals surface area contributed by atoms with Crippen LogP contribution in [0.25, 0.3) is 0 Å². The van der Waals surface area contributed by atoms with E-state index in [0.717, 1.165) is 5.56 Å². The maximum atomic E-state index is 13.1. The van der Waals surface area contributed by atoms with Crippen LogP contribution in [0.4, 0.5) is 10.1 Å². The molecule has 1 atom stereocenters. The average Bonchev–Trinajstić information content (AvgIpc) is 2.38. The van der Waals surface area contributed by atoms with Gasteiger partial charge in [-0.2, -0.15) is 0 Å². The molecule has 0 saturated heterocycles. The van der Waals surface area contributed by atoms with E-state index in [0.29, 0.717) is 11.4 Å². The molecule has 1 unspecified atom stereocenters. The fourth-order valence-electron chi connectivity index (χ4n) is 1.81. The Kier molecular flexibility index (Phi) is 4.63.